The fourth-order valence-electron chi connectivity index (χ4n) is 4.08. The molecule has 0 radical (unpaired) electrons. The SMILES string of the molecule is CC(C)OC(=O)CN1CCC(=C2c3ccccc3COc3ccccc32)CC1.O=C(O)C(=O)O. The monoisotopic (exact) mass is 467 g/mol. The predicted molar refractivity (Wildman–Crippen MR) is 125 cm³/mol. The normalized spacial score (nSPS) is 15.1. The van der Waals surface area contributed by atoms with Gasteiger partial charge in [0.2, 0.25) is 0 Å². The van der Waals surface area contributed by atoms with E-state index in [0.29, 0.717) is 13.2 Å². The van der Waals surface area contributed by atoms with E-state index in [4.69, 9.17) is 29.3 Å². The Labute approximate surface area is 198 Å². The fraction of sp³-hybridized carbons (Fsp3) is 0.346. The molecule has 2 aromatic rings. The van der Waals surface area contributed by atoms with Gasteiger partial charge in [-0.05, 0) is 49.5 Å². The Bertz CT molecular complexity index is 1020. The van der Waals surface area contributed by atoms with Gasteiger partial charge in [-0.2, -0.15) is 0 Å². The zero-order chi connectivity index (χ0) is 24.7. The van der Waals surface area contributed by atoms with Gasteiger partial charge in [0, 0.05) is 18.7 Å². The summed E-state index contributed by atoms with van der Waals surface area (Å²) in [5, 5.41) is 14.8. The topological polar surface area (TPSA) is 113 Å². The molecule has 8 heteroatoms. The summed E-state index contributed by atoms with van der Waals surface area (Å²) in [6.07, 6.45) is 1.84. The maximum atomic E-state index is 12.0. The third kappa shape index (κ3) is 6.45. The number of carbonyl (C=O) groups excluding carboxylic acids is 1. The van der Waals surface area contributed by atoms with Crippen molar-refractivity contribution in [3.8, 4) is 5.75 Å². The molecular weight excluding hydrogens is 438 g/mol. The van der Waals surface area contributed by atoms with E-state index < -0.39 is 11.9 Å². The van der Waals surface area contributed by atoms with Gasteiger partial charge in [-0.25, -0.2) is 9.59 Å². The van der Waals surface area contributed by atoms with Crippen LogP contribution in [0.4, 0.5) is 0 Å². The number of carboxylic acids is 2. The molecule has 2 heterocycles. The number of nitrogens with zero attached hydrogens (tertiary/aromatic N) is 1. The molecule has 0 spiro atoms. The summed E-state index contributed by atoms with van der Waals surface area (Å²) in [7, 11) is 0. The van der Waals surface area contributed by atoms with Crippen LogP contribution in [0.5, 0.6) is 5.75 Å². The van der Waals surface area contributed by atoms with E-state index in [9.17, 15) is 4.79 Å². The van der Waals surface area contributed by atoms with Crippen LogP contribution in [0.1, 0.15) is 43.4 Å². The lowest BCUT2D eigenvalue weighted by Gasteiger charge is -2.29. The Kier molecular flexibility index (Phi) is 8.43. The molecule has 2 aromatic carbocycles. The Morgan fingerprint density at radius 1 is 0.941 bits per heavy atom. The lowest BCUT2D eigenvalue weighted by atomic mass is 9.86. The first kappa shape index (κ1) is 25.0. The van der Waals surface area contributed by atoms with Crippen molar-refractivity contribution in [1.82, 2.24) is 4.90 Å². The molecule has 0 saturated carbocycles. The maximum Gasteiger partial charge on any atom is 0.414 e. The number of hydrogen-bond acceptors (Lipinski definition) is 6. The number of carboxylic acid groups (broad SMARTS) is 2. The second-order valence-corrected chi connectivity index (χ2v) is 8.35. The Hall–Kier alpha value is -3.65. The van der Waals surface area contributed by atoms with Crippen LogP contribution in [0, 0.1) is 0 Å². The van der Waals surface area contributed by atoms with Gasteiger partial charge in [0.25, 0.3) is 0 Å². The summed E-state index contributed by atoms with van der Waals surface area (Å²) in [5.41, 5.74) is 6.43. The van der Waals surface area contributed by atoms with Crippen molar-refractivity contribution in [3.63, 3.8) is 0 Å². The number of benzene rings is 2. The van der Waals surface area contributed by atoms with Gasteiger partial charge >= 0.3 is 17.9 Å². The second kappa shape index (κ2) is 11.5. The molecule has 0 aromatic heterocycles. The molecule has 0 atom stereocenters. The summed E-state index contributed by atoms with van der Waals surface area (Å²) < 4.78 is 11.4. The molecule has 2 aliphatic heterocycles. The lowest BCUT2D eigenvalue weighted by Crippen LogP contribution is -2.36. The minimum atomic E-state index is -1.82. The van der Waals surface area contributed by atoms with Gasteiger partial charge in [-0.15, -0.1) is 0 Å². The van der Waals surface area contributed by atoms with Gasteiger partial charge in [-0.1, -0.05) is 48.0 Å². The van der Waals surface area contributed by atoms with Crippen LogP contribution >= 0.6 is 0 Å². The number of esters is 1. The number of piperidine rings is 1. The maximum absolute atomic E-state index is 12.0. The van der Waals surface area contributed by atoms with Gasteiger partial charge in [0.1, 0.15) is 12.4 Å². The molecule has 1 saturated heterocycles. The van der Waals surface area contributed by atoms with Crippen molar-refractivity contribution in [1.29, 1.82) is 0 Å². The molecule has 4 rings (SSSR count). The number of fused-ring (bicyclic) bond motifs is 2. The van der Waals surface area contributed by atoms with E-state index in [-0.39, 0.29) is 12.1 Å². The largest absolute Gasteiger partial charge is 0.488 e. The molecule has 8 nitrogen and oxygen atoms in total. The van der Waals surface area contributed by atoms with Crippen molar-refractivity contribution in [2.75, 3.05) is 19.6 Å². The van der Waals surface area contributed by atoms with Crippen molar-refractivity contribution >= 4 is 23.5 Å². The van der Waals surface area contributed by atoms with Crippen LogP contribution in [0.3, 0.4) is 0 Å². The highest BCUT2D eigenvalue weighted by molar-refractivity contribution is 6.27. The molecule has 2 aliphatic rings. The number of aliphatic carboxylic acids is 2. The molecule has 2 N–H and O–H groups in total. The van der Waals surface area contributed by atoms with Crippen LogP contribution < -0.4 is 4.74 Å². The van der Waals surface area contributed by atoms with Crippen LogP contribution in [-0.4, -0.2) is 58.8 Å². The third-order valence-electron chi connectivity index (χ3n) is 5.54. The number of ether oxygens (including phenoxy) is 2. The highest BCUT2D eigenvalue weighted by atomic mass is 16.5. The average molecular weight is 468 g/mol. The van der Waals surface area contributed by atoms with Crippen LogP contribution in [0.15, 0.2) is 54.1 Å². The summed E-state index contributed by atoms with van der Waals surface area (Å²) in [5.74, 6) is -2.83. The van der Waals surface area contributed by atoms with E-state index in [1.807, 2.05) is 19.9 Å². The molecule has 0 aliphatic carbocycles. The molecule has 0 amide bonds. The van der Waals surface area contributed by atoms with Crippen LogP contribution in [0.25, 0.3) is 5.57 Å². The quantitative estimate of drug-likeness (QED) is 0.520. The van der Waals surface area contributed by atoms with E-state index in [1.54, 1.807) is 0 Å². The fourth-order valence-corrected chi connectivity index (χ4v) is 4.08. The average Bonchev–Trinajstić information content (AvgIpc) is 2.96. The first-order valence-electron chi connectivity index (χ1n) is 11.2. The highest BCUT2D eigenvalue weighted by Crippen LogP contribution is 2.40. The molecule has 1 fully saturated rings. The van der Waals surface area contributed by atoms with Crippen molar-refractivity contribution < 1.29 is 34.1 Å². The van der Waals surface area contributed by atoms with Crippen molar-refractivity contribution in [2.45, 2.75) is 39.4 Å². The molecule has 180 valence electrons. The lowest BCUT2D eigenvalue weighted by molar-refractivity contribution is -0.159. The number of carbonyl (C=O) groups is 3. The number of hydrogen-bond donors (Lipinski definition) is 2. The van der Waals surface area contributed by atoms with Crippen LogP contribution in [0.2, 0.25) is 0 Å². The van der Waals surface area contributed by atoms with Gasteiger partial charge < -0.3 is 19.7 Å². The van der Waals surface area contributed by atoms with E-state index in [1.165, 1.54) is 27.8 Å². The standard InChI is InChI=1S/C24H27NO3.C2H2O4/c1-17(2)28-23(26)15-25-13-11-18(12-14-25)24-20-8-4-3-7-19(20)16-27-22-10-6-5-9-21(22)24;3-1(4)2(5)6/h3-10,17H,11-16H2,1-2H3;(H,3,4)(H,5,6). The Morgan fingerprint density at radius 2 is 1.53 bits per heavy atom. The summed E-state index contributed by atoms with van der Waals surface area (Å²) >= 11 is 0. The van der Waals surface area contributed by atoms with Crippen molar-refractivity contribution in [3.05, 3.63) is 70.8 Å². The zero-order valence-electron chi connectivity index (χ0n) is 19.3. The zero-order valence-corrected chi connectivity index (χ0v) is 19.3. The van der Waals surface area contributed by atoms with Gasteiger partial charge in [-0.3, -0.25) is 9.69 Å². The van der Waals surface area contributed by atoms with Crippen molar-refractivity contribution in [2.24, 2.45) is 0 Å². The number of likely N-dealkylation sites (tertiary alicyclic amines) is 1. The summed E-state index contributed by atoms with van der Waals surface area (Å²) in [4.78, 5) is 32.4. The second-order valence-electron chi connectivity index (χ2n) is 8.35. The molecule has 0 bridgehead atoms. The van der Waals surface area contributed by atoms with E-state index >= 15 is 0 Å². The van der Waals surface area contributed by atoms with E-state index in [2.05, 4.69) is 47.4 Å². The minimum Gasteiger partial charge on any atom is -0.488 e. The number of para-hydroxylation sites is 1. The Morgan fingerprint density at radius 3 is 2.15 bits per heavy atom. The first-order chi connectivity index (χ1) is 16.3. The third-order valence-corrected chi connectivity index (χ3v) is 5.54. The van der Waals surface area contributed by atoms with Gasteiger partial charge in [0.15, 0.2) is 0 Å². The van der Waals surface area contributed by atoms with Crippen LogP contribution in [-0.2, 0) is 25.7 Å². The minimum absolute atomic E-state index is 0.0611. The highest BCUT2D eigenvalue weighted by Gasteiger charge is 2.25. The van der Waals surface area contributed by atoms with Gasteiger partial charge in [0.05, 0.1) is 12.6 Å². The predicted octanol–water partition coefficient (Wildman–Crippen LogP) is 3.58. The summed E-state index contributed by atoms with van der Waals surface area (Å²) in [6.45, 7) is 6.49. The summed E-state index contributed by atoms with van der Waals surface area (Å²) in [6, 6.07) is 16.8. The Balaban J connectivity index is 0.000000481. The molecule has 34 heavy (non-hydrogen) atoms. The number of rotatable bonds is 3. The smallest absolute Gasteiger partial charge is 0.414 e. The molecular formula is C26H29NO7. The first-order valence-corrected chi connectivity index (χ1v) is 11.2. The van der Waals surface area contributed by atoms with E-state index in [0.717, 1.165) is 31.7 Å². The molecule has 0 unspecified atom stereocenters.